The molecule has 1 aromatic rings. The fraction of sp³-hybridized carbons (Fsp3) is 0.706. The molecule has 1 saturated heterocycles. The Hall–Kier alpha value is -1.60. The standard InChI is InChI=1S/C17H25ClN4O3/c1-10-9-25-6-5-22(10)14-13-11(17(2,3)4)7-21(16(23)24)8-12(13)19-15(18)20-14/h10-11H,5-9H2,1-4H3,(H,23,24). The maximum absolute atomic E-state index is 11.6. The number of fused-ring (bicyclic) bond motifs is 1. The van der Waals surface area contributed by atoms with Crippen LogP contribution in [0.1, 0.15) is 44.9 Å². The number of hydrogen-bond donors (Lipinski definition) is 1. The Morgan fingerprint density at radius 3 is 2.68 bits per heavy atom. The van der Waals surface area contributed by atoms with Crippen LogP contribution in [0.4, 0.5) is 10.6 Å². The molecule has 1 fully saturated rings. The van der Waals surface area contributed by atoms with E-state index in [0.717, 1.165) is 17.9 Å². The lowest BCUT2D eigenvalue weighted by molar-refractivity contribution is 0.0976. The Bertz CT molecular complexity index is 677. The molecule has 138 valence electrons. The zero-order valence-electron chi connectivity index (χ0n) is 15.1. The van der Waals surface area contributed by atoms with Gasteiger partial charge in [-0.3, -0.25) is 0 Å². The molecule has 8 heteroatoms. The first kappa shape index (κ1) is 18.2. The summed E-state index contributed by atoms with van der Waals surface area (Å²) in [5, 5.41) is 9.66. The van der Waals surface area contributed by atoms with Crippen molar-refractivity contribution in [2.75, 3.05) is 31.2 Å². The third-order valence-electron chi connectivity index (χ3n) is 5.02. The van der Waals surface area contributed by atoms with E-state index in [-0.39, 0.29) is 29.2 Å². The second kappa shape index (κ2) is 6.61. The first-order valence-corrected chi connectivity index (χ1v) is 8.95. The van der Waals surface area contributed by atoms with Gasteiger partial charge in [0.15, 0.2) is 0 Å². The highest BCUT2D eigenvalue weighted by atomic mass is 35.5. The number of nitrogens with zero attached hydrogens (tertiary/aromatic N) is 4. The van der Waals surface area contributed by atoms with Crippen molar-refractivity contribution in [2.24, 2.45) is 5.41 Å². The highest BCUT2D eigenvalue weighted by Crippen LogP contribution is 2.44. The van der Waals surface area contributed by atoms with Crippen LogP contribution in [0.5, 0.6) is 0 Å². The number of carbonyl (C=O) groups is 1. The van der Waals surface area contributed by atoms with Gasteiger partial charge in [0.2, 0.25) is 5.28 Å². The SMILES string of the molecule is CC1COCCN1c1nc(Cl)nc2c1C(C(C)(C)C)CN(C(=O)O)C2. The molecule has 0 aliphatic carbocycles. The van der Waals surface area contributed by atoms with E-state index in [1.807, 2.05) is 0 Å². The van der Waals surface area contributed by atoms with Crippen LogP contribution in [0.2, 0.25) is 5.28 Å². The quantitative estimate of drug-likeness (QED) is 0.768. The van der Waals surface area contributed by atoms with Crippen molar-refractivity contribution < 1.29 is 14.6 Å². The number of morpholine rings is 1. The number of carboxylic acid groups (broad SMARTS) is 1. The number of amides is 1. The molecule has 25 heavy (non-hydrogen) atoms. The normalized spacial score (nSPS) is 24.2. The highest BCUT2D eigenvalue weighted by Gasteiger charge is 2.40. The average molecular weight is 369 g/mol. The summed E-state index contributed by atoms with van der Waals surface area (Å²) in [6.45, 7) is 11.1. The van der Waals surface area contributed by atoms with Crippen LogP contribution in [0.15, 0.2) is 0 Å². The van der Waals surface area contributed by atoms with Gasteiger partial charge in [0.05, 0.1) is 31.5 Å². The Morgan fingerprint density at radius 2 is 2.08 bits per heavy atom. The summed E-state index contributed by atoms with van der Waals surface area (Å²) in [6.07, 6.45) is -0.934. The lowest BCUT2D eigenvalue weighted by Gasteiger charge is -2.43. The lowest BCUT2D eigenvalue weighted by atomic mass is 9.74. The Kier molecular flexibility index (Phi) is 4.81. The minimum absolute atomic E-state index is 0.00494. The molecular weight excluding hydrogens is 344 g/mol. The maximum atomic E-state index is 11.6. The predicted molar refractivity (Wildman–Crippen MR) is 95.3 cm³/mol. The lowest BCUT2D eigenvalue weighted by Crippen LogP contribution is -2.47. The van der Waals surface area contributed by atoms with Gasteiger partial charge < -0.3 is 19.6 Å². The van der Waals surface area contributed by atoms with Gasteiger partial charge in [-0.1, -0.05) is 20.8 Å². The second-order valence-electron chi connectivity index (χ2n) is 7.88. The Morgan fingerprint density at radius 1 is 1.36 bits per heavy atom. The molecule has 1 aromatic heterocycles. The number of hydrogen-bond acceptors (Lipinski definition) is 5. The molecule has 3 rings (SSSR count). The van der Waals surface area contributed by atoms with E-state index in [4.69, 9.17) is 16.3 Å². The number of anilines is 1. The number of halogens is 1. The van der Waals surface area contributed by atoms with Crippen molar-refractivity contribution in [3.63, 3.8) is 0 Å². The van der Waals surface area contributed by atoms with Crippen molar-refractivity contribution in [1.82, 2.24) is 14.9 Å². The minimum Gasteiger partial charge on any atom is -0.465 e. The second-order valence-corrected chi connectivity index (χ2v) is 8.21. The van der Waals surface area contributed by atoms with Gasteiger partial charge in [-0.2, -0.15) is 0 Å². The van der Waals surface area contributed by atoms with Crippen LogP contribution in [0, 0.1) is 5.41 Å². The van der Waals surface area contributed by atoms with Crippen LogP contribution < -0.4 is 4.90 Å². The van der Waals surface area contributed by atoms with Crippen LogP contribution >= 0.6 is 11.6 Å². The fourth-order valence-electron chi connectivity index (χ4n) is 3.62. The first-order chi connectivity index (χ1) is 11.7. The van der Waals surface area contributed by atoms with Gasteiger partial charge >= 0.3 is 6.09 Å². The maximum Gasteiger partial charge on any atom is 0.407 e. The van der Waals surface area contributed by atoms with Gasteiger partial charge in [0, 0.05) is 24.6 Å². The third kappa shape index (κ3) is 3.53. The zero-order chi connectivity index (χ0) is 18.4. The summed E-state index contributed by atoms with van der Waals surface area (Å²) < 4.78 is 5.55. The van der Waals surface area contributed by atoms with Gasteiger partial charge in [-0.25, -0.2) is 14.8 Å². The van der Waals surface area contributed by atoms with Crippen molar-refractivity contribution >= 4 is 23.5 Å². The third-order valence-corrected chi connectivity index (χ3v) is 5.19. The van der Waals surface area contributed by atoms with Crippen molar-refractivity contribution in [1.29, 1.82) is 0 Å². The van der Waals surface area contributed by atoms with E-state index >= 15 is 0 Å². The molecule has 2 aliphatic rings. The van der Waals surface area contributed by atoms with Gasteiger partial charge in [0.25, 0.3) is 0 Å². The van der Waals surface area contributed by atoms with Crippen molar-refractivity contribution in [3.8, 4) is 0 Å². The van der Waals surface area contributed by atoms with E-state index in [1.165, 1.54) is 4.90 Å². The van der Waals surface area contributed by atoms with E-state index in [0.29, 0.717) is 25.5 Å². The summed E-state index contributed by atoms with van der Waals surface area (Å²) >= 11 is 6.19. The topological polar surface area (TPSA) is 78.8 Å². The van der Waals surface area contributed by atoms with Crippen LogP contribution in [-0.4, -0.2) is 58.4 Å². The summed E-state index contributed by atoms with van der Waals surface area (Å²) in [7, 11) is 0. The van der Waals surface area contributed by atoms with E-state index in [2.05, 4.69) is 42.6 Å². The Labute approximate surface area is 152 Å². The molecule has 2 aliphatic heterocycles. The molecule has 3 heterocycles. The van der Waals surface area contributed by atoms with E-state index in [9.17, 15) is 9.90 Å². The molecule has 2 unspecified atom stereocenters. The molecule has 0 aromatic carbocycles. The molecule has 1 N–H and O–H groups in total. The number of rotatable bonds is 1. The van der Waals surface area contributed by atoms with Crippen LogP contribution in [0.25, 0.3) is 0 Å². The van der Waals surface area contributed by atoms with Crippen LogP contribution in [-0.2, 0) is 11.3 Å². The molecule has 0 saturated carbocycles. The summed E-state index contributed by atoms with van der Waals surface area (Å²) in [6, 6.07) is 0.182. The van der Waals surface area contributed by atoms with Crippen molar-refractivity contribution in [2.45, 2.75) is 46.2 Å². The summed E-state index contributed by atoms with van der Waals surface area (Å²) in [5.74, 6) is 0.824. The molecule has 0 spiro atoms. The zero-order valence-corrected chi connectivity index (χ0v) is 15.9. The largest absolute Gasteiger partial charge is 0.465 e. The van der Waals surface area contributed by atoms with Gasteiger partial charge in [-0.05, 0) is 23.9 Å². The average Bonchev–Trinajstić information content (AvgIpc) is 2.52. The monoisotopic (exact) mass is 368 g/mol. The molecule has 2 atom stereocenters. The van der Waals surface area contributed by atoms with E-state index in [1.54, 1.807) is 0 Å². The fourth-order valence-corrected chi connectivity index (χ4v) is 3.80. The molecule has 0 bridgehead atoms. The van der Waals surface area contributed by atoms with Crippen LogP contribution in [0.3, 0.4) is 0 Å². The Balaban J connectivity index is 2.14. The minimum atomic E-state index is -0.934. The van der Waals surface area contributed by atoms with Crippen molar-refractivity contribution in [3.05, 3.63) is 16.5 Å². The smallest absolute Gasteiger partial charge is 0.407 e. The summed E-state index contributed by atoms with van der Waals surface area (Å²) in [4.78, 5) is 24.1. The summed E-state index contributed by atoms with van der Waals surface area (Å²) in [5.41, 5.74) is 1.61. The van der Waals surface area contributed by atoms with Gasteiger partial charge in [-0.15, -0.1) is 0 Å². The molecule has 1 amide bonds. The van der Waals surface area contributed by atoms with E-state index < -0.39 is 6.09 Å². The first-order valence-electron chi connectivity index (χ1n) is 8.57. The van der Waals surface area contributed by atoms with Gasteiger partial charge in [0.1, 0.15) is 5.82 Å². The molecular formula is C17H25ClN4O3. The number of ether oxygens (including phenoxy) is 1. The predicted octanol–water partition coefficient (Wildman–Crippen LogP) is 2.98. The number of aromatic nitrogens is 2. The molecule has 7 nitrogen and oxygen atoms in total. The molecule has 0 radical (unpaired) electrons. The highest BCUT2D eigenvalue weighted by molar-refractivity contribution is 6.28.